The molecule has 0 amide bonds. The molecule has 0 heterocycles. The molecule has 6 heteroatoms. The van der Waals surface area contributed by atoms with Crippen molar-refractivity contribution in [3.63, 3.8) is 0 Å². The normalized spacial score (nSPS) is 13.0. The van der Waals surface area contributed by atoms with Crippen LogP contribution in [0.3, 0.4) is 0 Å². The first-order chi connectivity index (χ1) is 40.5. The third-order valence-electron chi connectivity index (χ3n) is 14.3. The summed E-state index contributed by atoms with van der Waals surface area (Å²) in [6, 6.07) is 0. The number of carbonyl (C=O) groups excluding carboxylic acids is 3. The lowest BCUT2D eigenvalue weighted by molar-refractivity contribution is -0.167. The van der Waals surface area contributed by atoms with Crippen molar-refractivity contribution in [2.45, 2.75) is 316 Å². The quantitative estimate of drug-likeness (QED) is 0.0261. The molecule has 1 unspecified atom stereocenters. The Morgan fingerprint density at radius 1 is 0.256 bits per heavy atom. The Balaban J connectivity index is 4.30. The van der Waals surface area contributed by atoms with E-state index in [0.717, 1.165) is 148 Å². The van der Waals surface area contributed by atoms with Crippen LogP contribution < -0.4 is 0 Å². The minimum Gasteiger partial charge on any atom is -0.462 e. The molecular formula is C76H126O6. The predicted octanol–water partition coefficient (Wildman–Crippen LogP) is 23.7. The van der Waals surface area contributed by atoms with Gasteiger partial charge < -0.3 is 14.2 Å². The van der Waals surface area contributed by atoms with Crippen molar-refractivity contribution in [3.05, 3.63) is 134 Å². The van der Waals surface area contributed by atoms with Crippen molar-refractivity contribution in [3.8, 4) is 0 Å². The van der Waals surface area contributed by atoms with E-state index in [4.69, 9.17) is 14.2 Å². The van der Waals surface area contributed by atoms with E-state index >= 15 is 0 Å². The van der Waals surface area contributed by atoms with Gasteiger partial charge in [-0.3, -0.25) is 14.4 Å². The Kier molecular flexibility index (Phi) is 65.3. The summed E-state index contributed by atoms with van der Waals surface area (Å²) in [5, 5.41) is 0. The standard InChI is InChI=1S/C76H126O6/c1-4-7-10-13-16-19-22-25-27-29-31-32-33-34-35-36-37-38-39-40-41-42-43-44-45-47-48-51-54-57-60-63-66-69-75(78)81-72-73(71-80-74(77)68-65-62-59-56-53-50-24-21-18-15-12-9-6-3)82-76(79)70-67-64-61-58-55-52-49-46-30-28-26-23-20-17-14-11-8-5-2/h7,10,12,15-16,19,21,24-25,27-28,30-32,34-35,37-38,40-41,43-44,73H,4-6,8-9,11,13-14,17-18,20,22-23,26,29,33,36,39,42,45-72H2,1-3H3/b10-7-,15-12-,19-16-,24-21-,27-25-,30-28-,32-31-,35-34-,38-37-,41-40-,44-43-. The van der Waals surface area contributed by atoms with E-state index in [1.54, 1.807) is 0 Å². The van der Waals surface area contributed by atoms with Gasteiger partial charge in [0.15, 0.2) is 6.10 Å². The zero-order chi connectivity index (χ0) is 59.2. The lowest BCUT2D eigenvalue weighted by Gasteiger charge is -2.18. The largest absolute Gasteiger partial charge is 0.462 e. The number of ether oxygens (including phenoxy) is 3. The smallest absolute Gasteiger partial charge is 0.306 e. The molecule has 0 rings (SSSR count). The van der Waals surface area contributed by atoms with E-state index in [-0.39, 0.29) is 31.1 Å². The summed E-state index contributed by atoms with van der Waals surface area (Å²) in [5.74, 6) is -0.911. The molecule has 0 saturated heterocycles. The van der Waals surface area contributed by atoms with Crippen LogP contribution in [-0.4, -0.2) is 37.2 Å². The third kappa shape index (κ3) is 66.4. The van der Waals surface area contributed by atoms with Crippen LogP contribution in [0.4, 0.5) is 0 Å². The highest BCUT2D eigenvalue weighted by atomic mass is 16.6. The lowest BCUT2D eigenvalue weighted by atomic mass is 10.1. The second-order valence-electron chi connectivity index (χ2n) is 22.3. The van der Waals surface area contributed by atoms with Crippen LogP contribution >= 0.6 is 0 Å². The Morgan fingerprint density at radius 2 is 0.500 bits per heavy atom. The lowest BCUT2D eigenvalue weighted by Crippen LogP contribution is -2.30. The van der Waals surface area contributed by atoms with Crippen molar-refractivity contribution in [2.24, 2.45) is 0 Å². The highest BCUT2D eigenvalue weighted by molar-refractivity contribution is 5.71. The molecule has 0 saturated carbocycles. The van der Waals surface area contributed by atoms with Crippen LogP contribution in [0.5, 0.6) is 0 Å². The summed E-state index contributed by atoms with van der Waals surface area (Å²) < 4.78 is 16.9. The van der Waals surface area contributed by atoms with Crippen LogP contribution in [0, 0.1) is 0 Å². The monoisotopic (exact) mass is 1130 g/mol. The second-order valence-corrected chi connectivity index (χ2v) is 22.3. The SMILES string of the molecule is CC/C=C\C/C=C\C/C=C\C/C=C\C/C=C\C/C=C\C/C=C\C/C=C\CCCCCCCCCCC(=O)OCC(COC(=O)CCCCCCC/C=C\C/C=C\CCC)OC(=O)CCCCCCCCC/C=C\CCCCCCCCC. The van der Waals surface area contributed by atoms with Gasteiger partial charge in [0.2, 0.25) is 0 Å². The van der Waals surface area contributed by atoms with Gasteiger partial charge in [0.05, 0.1) is 0 Å². The first kappa shape index (κ1) is 77.5. The molecule has 0 aliphatic heterocycles. The van der Waals surface area contributed by atoms with E-state index < -0.39 is 6.10 Å². The molecule has 0 bridgehead atoms. The molecule has 0 aromatic carbocycles. The molecule has 0 radical (unpaired) electrons. The fourth-order valence-electron chi connectivity index (χ4n) is 9.26. The van der Waals surface area contributed by atoms with Crippen molar-refractivity contribution >= 4 is 17.9 Å². The summed E-state index contributed by atoms with van der Waals surface area (Å²) in [7, 11) is 0. The minimum atomic E-state index is -0.794. The van der Waals surface area contributed by atoms with Gasteiger partial charge in [-0.15, -0.1) is 0 Å². The molecule has 0 aromatic heterocycles. The van der Waals surface area contributed by atoms with Crippen LogP contribution in [0.25, 0.3) is 0 Å². The Labute approximate surface area is 506 Å². The van der Waals surface area contributed by atoms with Gasteiger partial charge in [-0.25, -0.2) is 0 Å². The zero-order valence-corrected chi connectivity index (χ0v) is 53.5. The summed E-state index contributed by atoms with van der Waals surface area (Å²) in [6.07, 6.45) is 97.5. The number of unbranched alkanes of at least 4 members (excludes halogenated alkanes) is 28. The fourth-order valence-corrected chi connectivity index (χ4v) is 9.26. The third-order valence-corrected chi connectivity index (χ3v) is 14.3. The van der Waals surface area contributed by atoms with Crippen LogP contribution in [0.2, 0.25) is 0 Å². The molecule has 0 fully saturated rings. The van der Waals surface area contributed by atoms with Crippen LogP contribution in [0.1, 0.15) is 310 Å². The maximum atomic E-state index is 12.9. The number of esters is 3. The van der Waals surface area contributed by atoms with Gasteiger partial charge in [0, 0.05) is 19.3 Å². The van der Waals surface area contributed by atoms with Crippen molar-refractivity contribution in [2.75, 3.05) is 13.2 Å². The molecule has 0 aromatic rings. The molecule has 6 nitrogen and oxygen atoms in total. The number of allylic oxidation sites excluding steroid dienone is 22. The summed E-state index contributed by atoms with van der Waals surface area (Å²) in [4.78, 5) is 38.4. The van der Waals surface area contributed by atoms with Gasteiger partial charge in [-0.05, 0) is 135 Å². The van der Waals surface area contributed by atoms with Gasteiger partial charge in [-0.1, -0.05) is 289 Å². The molecule has 1 atom stereocenters. The highest BCUT2D eigenvalue weighted by Gasteiger charge is 2.19. The Bertz CT molecular complexity index is 1730. The average Bonchev–Trinajstić information content (AvgIpc) is 3.47. The second kappa shape index (κ2) is 69.0. The number of hydrogen-bond donors (Lipinski definition) is 0. The molecule has 0 spiro atoms. The zero-order valence-electron chi connectivity index (χ0n) is 53.5. The van der Waals surface area contributed by atoms with Crippen molar-refractivity contribution < 1.29 is 28.6 Å². The number of carbonyl (C=O) groups is 3. The molecule has 466 valence electrons. The predicted molar refractivity (Wildman–Crippen MR) is 357 cm³/mol. The van der Waals surface area contributed by atoms with E-state index in [9.17, 15) is 14.4 Å². The first-order valence-corrected chi connectivity index (χ1v) is 34.2. The van der Waals surface area contributed by atoms with Gasteiger partial charge in [0.25, 0.3) is 0 Å². The van der Waals surface area contributed by atoms with Crippen molar-refractivity contribution in [1.29, 1.82) is 0 Å². The highest BCUT2D eigenvalue weighted by Crippen LogP contribution is 2.16. The number of hydrogen-bond acceptors (Lipinski definition) is 6. The molecule has 82 heavy (non-hydrogen) atoms. The molecule has 0 N–H and O–H groups in total. The van der Waals surface area contributed by atoms with Gasteiger partial charge in [-0.2, -0.15) is 0 Å². The topological polar surface area (TPSA) is 78.9 Å². The van der Waals surface area contributed by atoms with E-state index in [1.165, 1.54) is 122 Å². The maximum absolute atomic E-state index is 12.9. The van der Waals surface area contributed by atoms with E-state index in [2.05, 4.69) is 154 Å². The summed E-state index contributed by atoms with van der Waals surface area (Å²) >= 11 is 0. The van der Waals surface area contributed by atoms with Crippen molar-refractivity contribution in [1.82, 2.24) is 0 Å². The van der Waals surface area contributed by atoms with Crippen LogP contribution in [-0.2, 0) is 28.6 Å². The fraction of sp³-hybridized carbons (Fsp3) is 0.671. The average molecular weight is 1140 g/mol. The minimum absolute atomic E-state index is 0.0907. The van der Waals surface area contributed by atoms with Gasteiger partial charge >= 0.3 is 17.9 Å². The molecular weight excluding hydrogens is 1010 g/mol. The first-order valence-electron chi connectivity index (χ1n) is 34.2. The summed E-state index contributed by atoms with van der Waals surface area (Å²) in [5.41, 5.74) is 0. The molecule has 0 aliphatic rings. The Morgan fingerprint density at radius 3 is 0.805 bits per heavy atom. The van der Waals surface area contributed by atoms with Gasteiger partial charge in [0.1, 0.15) is 13.2 Å². The van der Waals surface area contributed by atoms with Crippen LogP contribution in [0.15, 0.2) is 134 Å². The maximum Gasteiger partial charge on any atom is 0.306 e. The van der Waals surface area contributed by atoms with E-state index in [0.29, 0.717) is 19.3 Å². The Hall–Kier alpha value is -4.45. The number of rotatable bonds is 61. The molecule has 0 aliphatic carbocycles. The summed E-state index contributed by atoms with van der Waals surface area (Å²) in [6.45, 7) is 6.45. The van der Waals surface area contributed by atoms with E-state index in [1.807, 2.05) is 0 Å².